The monoisotopic (exact) mass is 402 g/mol. The third-order valence-electron chi connectivity index (χ3n) is 4.59. The maximum atomic E-state index is 13.7. The number of carbonyl (C=O) groups excluding carboxylic acids is 1. The van der Waals surface area contributed by atoms with Crippen LogP contribution in [0.3, 0.4) is 0 Å². The van der Waals surface area contributed by atoms with Crippen LogP contribution in [0.1, 0.15) is 17.0 Å². The Kier molecular flexibility index (Phi) is 6.03. The van der Waals surface area contributed by atoms with Crippen molar-refractivity contribution >= 4 is 11.6 Å². The maximum Gasteiger partial charge on any atom is 0.238 e. The van der Waals surface area contributed by atoms with Gasteiger partial charge in [-0.2, -0.15) is 5.10 Å². The minimum Gasteiger partial charge on any atom is -0.322 e. The van der Waals surface area contributed by atoms with E-state index in [0.717, 1.165) is 34.8 Å². The number of benzene rings is 2. The first kappa shape index (κ1) is 20.6. The standard InChI is InChI=1S/C21H21F3N4O/c1-13-16(14(2)28(26-13)15-7-5-4-6-8-15)11-27(3)12-19(29)25-18-10-9-17(22)20(23)21(18)24/h4-10H,11-12H2,1-3H3,(H,25,29). The number of halogens is 3. The lowest BCUT2D eigenvalue weighted by Crippen LogP contribution is -2.30. The van der Waals surface area contributed by atoms with Gasteiger partial charge in [-0.15, -0.1) is 0 Å². The fraction of sp³-hybridized carbons (Fsp3) is 0.238. The number of hydrogen-bond donors (Lipinski definition) is 1. The van der Waals surface area contributed by atoms with Gasteiger partial charge in [0.15, 0.2) is 17.5 Å². The molecule has 3 rings (SSSR count). The van der Waals surface area contributed by atoms with Crippen LogP contribution in [0.25, 0.3) is 5.69 Å². The molecule has 1 amide bonds. The van der Waals surface area contributed by atoms with Crippen molar-refractivity contribution in [2.45, 2.75) is 20.4 Å². The lowest BCUT2D eigenvalue weighted by molar-refractivity contribution is -0.117. The Morgan fingerprint density at radius 1 is 1.07 bits per heavy atom. The van der Waals surface area contributed by atoms with Gasteiger partial charge in [0.2, 0.25) is 5.91 Å². The Morgan fingerprint density at radius 2 is 1.76 bits per heavy atom. The number of aromatic nitrogens is 2. The maximum absolute atomic E-state index is 13.7. The van der Waals surface area contributed by atoms with Crippen LogP contribution in [-0.2, 0) is 11.3 Å². The predicted octanol–water partition coefficient (Wildman–Crippen LogP) is 3.98. The molecule has 8 heteroatoms. The lowest BCUT2D eigenvalue weighted by Gasteiger charge is -2.17. The molecule has 0 saturated heterocycles. The topological polar surface area (TPSA) is 50.2 Å². The van der Waals surface area contributed by atoms with Gasteiger partial charge < -0.3 is 5.32 Å². The van der Waals surface area contributed by atoms with E-state index in [1.165, 1.54) is 0 Å². The van der Waals surface area contributed by atoms with E-state index in [1.54, 1.807) is 11.9 Å². The quantitative estimate of drug-likeness (QED) is 0.635. The van der Waals surface area contributed by atoms with Crippen molar-refractivity contribution in [1.82, 2.24) is 14.7 Å². The number of likely N-dealkylation sites (N-methyl/N-ethyl adjacent to an activating group) is 1. The summed E-state index contributed by atoms with van der Waals surface area (Å²) in [4.78, 5) is 13.9. The summed E-state index contributed by atoms with van der Waals surface area (Å²) < 4.78 is 41.9. The average molecular weight is 402 g/mol. The van der Waals surface area contributed by atoms with Crippen LogP contribution in [0.5, 0.6) is 0 Å². The van der Waals surface area contributed by atoms with Crippen molar-refractivity contribution < 1.29 is 18.0 Å². The molecule has 0 aliphatic heterocycles. The Labute approximate surface area is 166 Å². The molecule has 0 aliphatic carbocycles. The normalized spacial score (nSPS) is 11.1. The van der Waals surface area contributed by atoms with E-state index in [4.69, 9.17) is 0 Å². The number of carbonyl (C=O) groups is 1. The number of aryl methyl sites for hydroxylation is 1. The highest BCUT2D eigenvalue weighted by molar-refractivity contribution is 5.92. The third kappa shape index (κ3) is 4.48. The van der Waals surface area contributed by atoms with Gasteiger partial charge in [-0.1, -0.05) is 18.2 Å². The highest BCUT2D eigenvalue weighted by atomic mass is 19.2. The molecule has 3 aromatic rings. The van der Waals surface area contributed by atoms with Gasteiger partial charge in [0.25, 0.3) is 0 Å². The second kappa shape index (κ2) is 8.48. The first-order chi connectivity index (χ1) is 13.8. The summed E-state index contributed by atoms with van der Waals surface area (Å²) in [6.07, 6.45) is 0. The Balaban J connectivity index is 1.68. The fourth-order valence-electron chi connectivity index (χ4n) is 3.11. The van der Waals surface area contributed by atoms with Crippen molar-refractivity contribution in [3.63, 3.8) is 0 Å². The van der Waals surface area contributed by atoms with E-state index < -0.39 is 29.0 Å². The molecule has 0 bridgehead atoms. The van der Waals surface area contributed by atoms with E-state index in [9.17, 15) is 18.0 Å². The van der Waals surface area contributed by atoms with Crippen LogP contribution in [-0.4, -0.2) is 34.2 Å². The number of nitrogens with zero attached hydrogens (tertiary/aromatic N) is 3. The van der Waals surface area contributed by atoms with Crippen LogP contribution in [0.4, 0.5) is 18.9 Å². The molecule has 5 nitrogen and oxygen atoms in total. The number of rotatable bonds is 6. The summed E-state index contributed by atoms with van der Waals surface area (Å²) in [7, 11) is 1.74. The molecule has 0 fully saturated rings. The van der Waals surface area contributed by atoms with Gasteiger partial charge in [0, 0.05) is 17.8 Å². The van der Waals surface area contributed by atoms with Crippen LogP contribution >= 0.6 is 0 Å². The molecule has 0 atom stereocenters. The summed E-state index contributed by atoms with van der Waals surface area (Å²) in [5.41, 5.74) is 3.31. The average Bonchev–Trinajstić information content (AvgIpc) is 2.97. The molecular formula is C21H21F3N4O. The molecule has 0 spiro atoms. The van der Waals surface area contributed by atoms with E-state index in [2.05, 4.69) is 10.4 Å². The lowest BCUT2D eigenvalue weighted by atomic mass is 10.2. The first-order valence-electron chi connectivity index (χ1n) is 9.00. The van der Waals surface area contributed by atoms with Crippen LogP contribution < -0.4 is 5.32 Å². The molecule has 0 saturated carbocycles. The first-order valence-corrected chi connectivity index (χ1v) is 9.00. The summed E-state index contributed by atoms with van der Waals surface area (Å²) in [5.74, 6) is -4.88. The number of amides is 1. The predicted molar refractivity (Wildman–Crippen MR) is 104 cm³/mol. The number of anilines is 1. The third-order valence-corrected chi connectivity index (χ3v) is 4.59. The van der Waals surface area contributed by atoms with Crippen molar-refractivity contribution in [1.29, 1.82) is 0 Å². The molecular weight excluding hydrogens is 381 g/mol. The molecule has 1 N–H and O–H groups in total. The molecule has 29 heavy (non-hydrogen) atoms. The van der Waals surface area contributed by atoms with Gasteiger partial charge in [-0.05, 0) is 45.2 Å². The van der Waals surface area contributed by atoms with Crippen LogP contribution in [0, 0.1) is 31.3 Å². The SMILES string of the molecule is Cc1nn(-c2ccccc2)c(C)c1CN(C)CC(=O)Nc1ccc(F)c(F)c1F. The van der Waals surface area contributed by atoms with Gasteiger partial charge >= 0.3 is 0 Å². The fourth-order valence-corrected chi connectivity index (χ4v) is 3.11. The molecule has 0 unspecified atom stereocenters. The van der Waals surface area contributed by atoms with Gasteiger partial charge in [-0.3, -0.25) is 9.69 Å². The molecule has 2 aromatic carbocycles. The second-order valence-corrected chi connectivity index (χ2v) is 6.84. The van der Waals surface area contributed by atoms with Crippen molar-refractivity contribution in [2.75, 3.05) is 18.9 Å². The summed E-state index contributed by atoms with van der Waals surface area (Å²) >= 11 is 0. The molecule has 0 radical (unpaired) electrons. The summed E-state index contributed by atoms with van der Waals surface area (Å²) in [6.45, 7) is 4.23. The van der Waals surface area contributed by atoms with Crippen molar-refractivity contribution in [3.8, 4) is 5.69 Å². The summed E-state index contributed by atoms with van der Waals surface area (Å²) in [6, 6.07) is 11.5. The molecule has 0 aliphatic rings. The van der Waals surface area contributed by atoms with Crippen molar-refractivity contribution in [2.24, 2.45) is 0 Å². The van der Waals surface area contributed by atoms with Crippen molar-refractivity contribution in [3.05, 3.63) is 76.9 Å². The minimum absolute atomic E-state index is 0.0617. The highest BCUT2D eigenvalue weighted by Crippen LogP contribution is 2.21. The van der Waals surface area contributed by atoms with E-state index >= 15 is 0 Å². The van der Waals surface area contributed by atoms with Gasteiger partial charge in [0.05, 0.1) is 23.6 Å². The highest BCUT2D eigenvalue weighted by Gasteiger charge is 2.18. The zero-order valence-electron chi connectivity index (χ0n) is 16.3. The van der Waals surface area contributed by atoms with Gasteiger partial charge in [-0.25, -0.2) is 17.9 Å². The largest absolute Gasteiger partial charge is 0.322 e. The van der Waals surface area contributed by atoms with Crippen LogP contribution in [0.15, 0.2) is 42.5 Å². The Bertz CT molecular complexity index is 1030. The van der Waals surface area contributed by atoms with E-state index in [1.807, 2.05) is 48.9 Å². The smallest absolute Gasteiger partial charge is 0.238 e. The molecule has 1 aromatic heterocycles. The molecule has 152 valence electrons. The summed E-state index contributed by atoms with van der Waals surface area (Å²) in [5, 5.41) is 6.84. The molecule has 1 heterocycles. The van der Waals surface area contributed by atoms with Crippen LogP contribution in [0.2, 0.25) is 0 Å². The number of nitrogens with one attached hydrogen (secondary N) is 1. The number of hydrogen-bond acceptors (Lipinski definition) is 3. The zero-order valence-corrected chi connectivity index (χ0v) is 16.3. The zero-order chi connectivity index (χ0) is 21.1. The van der Waals surface area contributed by atoms with E-state index in [0.29, 0.717) is 6.54 Å². The second-order valence-electron chi connectivity index (χ2n) is 6.84. The van der Waals surface area contributed by atoms with E-state index in [-0.39, 0.29) is 6.54 Å². The Morgan fingerprint density at radius 3 is 2.45 bits per heavy atom. The number of para-hydroxylation sites is 1. The Hall–Kier alpha value is -3.13. The minimum atomic E-state index is -1.62. The van der Waals surface area contributed by atoms with Gasteiger partial charge in [0.1, 0.15) is 0 Å².